The largest absolute Gasteiger partial charge is 0.444 e. The molecule has 2 aromatic rings. The predicted molar refractivity (Wildman–Crippen MR) is 109 cm³/mol. The van der Waals surface area contributed by atoms with Gasteiger partial charge in [-0.2, -0.15) is 0 Å². The van der Waals surface area contributed by atoms with Crippen LogP contribution in [0.2, 0.25) is 0 Å². The first-order chi connectivity index (χ1) is 12.8. The van der Waals surface area contributed by atoms with Crippen molar-refractivity contribution >= 4 is 6.09 Å². The Balaban J connectivity index is 1.92. The molecule has 0 saturated heterocycles. The SMILES string of the molecule is CC(C)(C)OC(=O)NC(c1ccccc1)C(O)CCCCc1ccccc1. The fourth-order valence-electron chi connectivity index (χ4n) is 2.99. The van der Waals surface area contributed by atoms with Crippen molar-refractivity contribution < 1.29 is 14.6 Å². The summed E-state index contributed by atoms with van der Waals surface area (Å²) in [4.78, 5) is 12.2. The Labute approximate surface area is 162 Å². The number of nitrogens with one attached hydrogen (secondary N) is 1. The molecule has 2 aromatic carbocycles. The Morgan fingerprint density at radius 1 is 1.00 bits per heavy atom. The van der Waals surface area contributed by atoms with E-state index in [9.17, 15) is 9.90 Å². The summed E-state index contributed by atoms with van der Waals surface area (Å²) in [5.74, 6) is 0. The Bertz CT molecular complexity index is 680. The third-order valence-corrected chi connectivity index (χ3v) is 4.27. The van der Waals surface area contributed by atoms with Crippen LogP contribution in [0.5, 0.6) is 0 Å². The fraction of sp³-hybridized carbons (Fsp3) is 0.435. The van der Waals surface area contributed by atoms with Gasteiger partial charge in [0.1, 0.15) is 5.60 Å². The third-order valence-electron chi connectivity index (χ3n) is 4.27. The number of benzene rings is 2. The lowest BCUT2D eigenvalue weighted by atomic mass is 9.96. The zero-order chi connectivity index (χ0) is 19.7. The standard InChI is InChI=1S/C23H31NO3/c1-23(2,3)27-22(26)24-21(19-15-8-5-9-16-19)20(25)17-11-10-14-18-12-6-4-7-13-18/h4-9,12-13,15-16,20-21,25H,10-11,14,17H2,1-3H3,(H,24,26). The van der Waals surface area contributed by atoms with Crippen LogP contribution in [0.4, 0.5) is 4.79 Å². The van der Waals surface area contributed by atoms with Crippen LogP contribution in [0.25, 0.3) is 0 Å². The van der Waals surface area contributed by atoms with Gasteiger partial charge in [0.05, 0.1) is 12.1 Å². The first-order valence-corrected chi connectivity index (χ1v) is 9.61. The van der Waals surface area contributed by atoms with Crippen LogP contribution in [-0.4, -0.2) is 22.9 Å². The molecular formula is C23H31NO3. The minimum atomic E-state index is -0.671. The van der Waals surface area contributed by atoms with Gasteiger partial charge in [0.25, 0.3) is 0 Å². The summed E-state index contributed by atoms with van der Waals surface area (Å²) in [6.45, 7) is 5.47. The molecule has 2 N–H and O–H groups in total. The number of hydrogen-bond donors (Lipinski definition) is 2. The highest BCUT2D eigenvalue weighted by molar-refractivity contribution is 5.68. The lowest BCUT2D eigenvalue weighted by Crippen LogP contribution is -2.39. The van der Waals surface area contributed by atoms with Gasteiger partial charge in [-0.3, -0.25) is 0 Å². The number of unbranched alkanes of at least 4 members (excludes halogenated alkanes) is 1. The van der Waals surface area contributed by atoms with Crippen LogP contribution in [-0.2, 0) is 11.2 Å². The van der Waals surface area contributed by atoms with Crippen molar-refractivity contribution in [2.75, 3.05) is 0 Å². The van der Waals surface area contributed by atoms with Crippen LogP contribution < -0.4 is 5.32 Å². The molecule has 0 radical (unpaired) electrons. The molecule has 2 atom stereocenters. The van der Waals surface area contributed by atoms with Crippen LogP contribution in [0.3, 0.4) is 0 Å². The van der Waals surface area contributed by atoms with Crippen molar-refractivity contribution in [3.8, 4) is 0 Å². The molecule has 0 heterocycles. The third kappa shape index (κ3) is 7.83. The van der Waals surface area contributed by atoms with Gasteiger partial charge in [-0.25, -0.2) is 4.79 Å². The minimum Gasteiger partial charge on any atom is -0.444 e. The molecule has 2 rings (SSSR count). The van der Waals surface area contributed by atoms with Gasteiger partial charge >= 0.3 is 6.09 Å². The summed E-state index contributed by atoms with van der Waals surface area (Å²) in [6, 6.07) is 19.4. The highest BCUT2D eigenvalue weighted by Gasteiger charge is 2.25. The zero-order valence-electron chi connectivity index (χ0n) is 16.5. The van der Waals surface area contributed by atoms with Gasteiger partial charge in [-0.05, 0) is 51.2 Å². The van der Waals surface area contributed by atoms with Crippen LogP contribution in [0, 0.1) is 0 Å². The first-order valence-electron chi connectivity index (χ1n) is 9.61. The van der Waals surface area contributed by atoms with Gasteiger partial charge in [0.2, 0.25) is 0 Å². The van der Waals surface area contributed by atoms with E-state index in [4.69, 9.17) is 4.74 Å². The van der Waals surface area contributed by atoms with Crippen molar-refractivity contribution in [2.24, 2.45) is 0 Å². The highest BCUT2D eigenvalue weighted by Crippen LogP contribution is 2.22. The second-order valence-corrected chi connectivity index (χ2v) is 7.83. The molecule has 27 heavy (non-hydrogen) atoms. The number of alkyl carbamates (subject to hydrolysis) is 1. The molecular weight excluding hydrogens is 338 g/mol. The van der Waals surface area contributed by atoms with Crippen LogP contribution in [0.1, 0.15) is 57.2 Å². The average molecular weight is 370 g/mol. The molecule has 1 amide bonds. The predicted octanol–water partition coefficient (Wildman–Crippen LogP) is 5.03. The summed E-state index contributed by atoms with van der Waals surface area (Å²) in [6.07, 6.45) is 2.30. The number of rotatable bonds is 8. The molecule has 0 fully saturated rings. The first kappa shape index (κ1) is 21.0. The smallest absolute Gasteiger partial charge is 0.408 e. The van der Waals surface area contributed by atoms with Crippen molar-refractivity contribution in [1.82, 2.24) is 5.32 Å². The molecule has 0 bridgehead atoms. The lowest BCUT2D eigenvalue weighted by Gasteiger charge is -2.27. The number of aliphatic hydroxyl groups excluding tert-OH is 1. The number of aliphatic hydroxyl groups is 1. The second kappa shape index (κ2) is 10.1. The fourth-order valence-corrected chi connectivity index (χ4v) is 2.99. The second-order valence-electron chi connectivity index (χ2n) is 7.83. The Hall–Kier alpha value is -2.33. The number of amides is 1. The van der Waals surface area contributed by atoms with E-state index in [-0.39, 0.29) is 0 Å². The van der Waals surface area contributed by atoms with Gasteiger partial charge in [0, 0.05) is 0 Å². The van der Waals surface area contributed by atoms with E-state index in [1.165, 1.54) is 5.56 Å². The summed E-state index contributed by atoms with van der Waals surface area (Å²) < 4.78 is 5.36. The molecule has 0 aliphatic rings. The zero-order valence-corrected chi connectivity index (χ0v) is 16.5. The van der Waals surface area contributed by atoms with E-state index < -0.39 is 23.8 Å². The van der Waals surface area contributed by atoms with E-state index in [0.29, 0.717) is 6.42 Å². The number of carbonyl (C=O) groups excluding carboxylic acids is 1. The van der Waals surface area contributed by atoms with E-state index >= 15 is 0 Å². The summed E-state index contributed by atoms with van der Waals surface area (Å²) in [5, 5.41) is 13.6. The van der Waals surface area contributed by atoms with Gasteiger partial charge < -0.3 is 15.2 Å². The maximum absolute atomic E-state index is 12.2. The molecule has 2 unspecified atom stereocenters. The molecule has 0 aliphatic heterocycles. The summed E-state index contributed by atoms with van der Waals surface area (Å²) in [5.41, 5.74) is 1.60. The van der Waals surface area contributed by atoms with Crippen molar-refractivity contribution in [3.63, 3.8) is 0 Å². The van der Waals surface area contributed by atoms with Gasteiger partial charge in [-0.15, -0.1) is 0 Å². The topological polar surface area (TPSA) is 58.6 Å². The number of carbonyl (C=O) groups is 1. The molecule has 4 nitrogen and oxygen atoms in total. The monoisotopic (exact) mass is 369 g/mol. The quantitative estimate of drug-likeness (QED) is 0.642. The normalized spacial score (nSPS) is 13.6. The number of hydrogen-bond acceptors (Lipinski definition) is 3. The van der Waals surface area contributed by atoms with Crippen LogP contribution in [0.15, 0.2) is 60.7 Å². The highest BCUT2D eigenvalue weighted by atomic mass is 16.6. The molecule has 4 heteroatoms. The van der Waals surface area contributed by atoms with Gasteiger partial charge in [0.15, 0.2) is 0 Å². The molecule has 0 saturated carbocycles. The number of aryl methyl sites for hydroxylation is 1. The van der Waals surface area contributed by atoms with Crippen molar-refractivity contribution in [3.05, 3.63) is 71.8 Å². The van der Waals surface area contributed by atoms with Crippen molar-refractivity contribution in [2.45, 2.75) is 64.2 Å². The van der Waals surface area contributed by atoms with E-state index in [0.717, 1.165) is 24.8 Å². The van der Waals surface area contributed by atoms with E-state index in [1.54, 1.807) is 0 Å². The maximum atomic E-state index is 12.2. The van der Waals surface area contributed by atoms with E-state index in [2.05, 4.69) is 17.4 Å². The Morgan fingerprint density at radius 2 is 1.59 bits per heavy atom. The Kier molecular flexibility index (Phi) is 7.86. The Morgan fingerprint density at radius 3 is 2.19 bits per heavy atom. The summed E-state index contributed by atoms with van der Waals surface area (Å²) in [7, 11) is 0. The van der Waals surface area contributed by atoms with E-state index in [1.807, 2.05) is 69.3 Å². The minimum absolute atomic E-state index is 0.488. The molecule has 0 spiro atoms. The average Bonchev–Trinajstić information content (AvgIpc) is 2.63. The summed E-state index contributed by atoms with van der Waals surface area (Å²) >= 11 is 0. The number of ether oxygens (including phenoxy) is 1. The molecule has 146 valence electrons. The van der Waals surface area contributed by atoms with Crippen LogP contribution >= 0.6 is 0 Å². The molecule has 0 aromatic heterocycles. The molecule has 0 aliphatic carbocycles. The lowest BCUT2D eigenvalue weighted by molar-refractivity contribution is 0.0408. The van der Waals surface area contributed by atoms with Gasteiger partial charge in [-0.1, -0.05) is 67.1 Å². The van der Waals surface area contributed by atoms with Crippen molar-refractivity contribution in [1.29, 1.82) is 0 Å². The maximum Gasteiger partial charge on any atom is 0.408 e.